The molecule has 0 spiro atoms. The number of carbonyl (C=O) groups excluding carboxylic acids is 2. The van der Waals surface area contributed by atoms with Gasteiger partial charge in [-0.15, -0.1) is 11.3 Å². The summed E-state index contributed by atoms with van der Waals surface area (Å²) in [4.78, 5) is 29.7. The zero-order valence-corrected chi connectivity index (χ0v) is 11.7. The number of carbonyl (C=O) groups is 2. The van der Waals surface area contributed by atoms with Crippen molar-refractivity contribution in [1.82, 2.24) is 9.88 Å². The van der Waals surface area contributed by atoms with E-state index in [2.05, 4.69) is 4.98 Å². The predicted octanol–water partition coefficient (Wildman–Crippen LogP) is 1.89. The summed E-state index contributed by atoms with van der Waals surface area (Å²) >= 11 is 1.20. The Morgan fingerprint density at radius 3 is 2.67 bits per heavy atom. The Morgan fingerprint density at radius 2 is 2.11 bits per heavy atom. The standard InChI is InChI=1S/C12H16N2O3S/c1-5-17-12(16)10-11(18-8(2)13-10)9(15)6-7-14(3)4/h6-7H,5H2,1-4H3/b7-6+. The van der Waals surface area contributed by atoms with Crippen molar-refractivity contribution in [2.75, 3.05) is 20.7 Å². The number of aryl methyl sites for hydroxylation is 1. The summed E-state index contributed by atoms with van der Waals surface area (Å²) in [5, 5.41) is 0.666. The van der Waals surface area contributed by atoms with Crippen LogP contribution in [0, 0.1) is 6.92 Å². The number of ether oxygens (including phenoxy) is 1. The molecule has 0 aliphatic carbocycles. The lowest BCUT2D eigenvalue weighted by Gasteiger charge is -2.02. The first-order valence-corrected chi connectivity index (χ1v) is 6.30. The summed E-state index contributed by atoms with van der Waals surface area (Å²) in [5.41, 5.74) is 0.104. The first-order chi connectivity index (χ1) is 8.45. The van der Waals surface area contributed by atoms with Gasteiger partial charge in [0.25, 0.3) is 0 Å². The van der Waals surface area contributed by atoms with Gasteiger partial charge in [-0.2, -0.15) is 0 Å². The molecule has 1 heterocycles. The first kappa shape index (κ1) is 14.4. The third kappa shape index (κ3) is 3.66. The molecule has 1 aromatic heterocycles. The number of ketones is 1. The van der Waals surface area contributed by atoms with E-state index in [1.807, 2.05) is 14.1 Å². The minimum atomic E-state index is -0.552. The molecule has 0 bridgehead atoms. The van der Waals surface area contributed by atoms with Gasteiger partial charge in [-0.1, -0.05) is 0 Å². The van der Waals surface area contributed by atoms with Crippen LogP contribution >= 0.6 is 11.3 Å². The fourth-order valence-electron chi connectivity index (χ4n) is 1.22. The Labute approximate surface area is 110 Å². The molecule has 0 saturated heterocycles. The molecule has 0 aliphatic rings. The first-order valence-electron chi connectivity index (χ1n) is 5.49. The van der Waals surface area contributed by atoms with Crippen LogP contribution in [0.25, 0.3) is 0 Å². The van der Waals surface area contributed by atoms with Crippen LogP contribution in [0.2, 0.25) is 0 Å². The van der Waals surface area contributed by atoms with E-state index in [0.717, 1.165) is 0 Å². The number of nitrogens with zero attached hydrogens (tertiary/aromatic N) is 2. The Kier molecular flexibility index (Phi) is 5.03. The third-order valence-electron chi connectivity index (χ3n) is 1.95. The van der Waals surface area contributed by atoms with Crippen molar-refractivity contribution in [3.63, 3.8) is 0 Å². The highest BCUT2D eigenvalue weighted by Gasteiger charge is 2.21. The van der Waals surface area contributed by atoms with Crippen molar-refractivity contribution >= 4 is 23.1 Å². The molecule has 98 valence electrons. The van der Waals surface area contributed by atoms with E-state index in [-0.39, 0.29) is 18.1 Å². The summed E-state index contributed by atoms with van der Waals surface area (Å²) < 4.78 is 4.88. The molecule has 1 aromatic rings. The fourth-order valence-corrected chi connectivity index (χ4v) is 2.05. The van der Waals surface area contributed by atoms with Crippen LogP contribution < -0.4 is 0 Å². The molecule has 18 heavy (non-hydrogen) atoms. The fraction of sp³-hybridized carbons (Fsp3) is 0.417. The van der Waals surface area contributed by atoms with Crippen LogP contribution in [-0.2, 0) is 4.74 Å². The lowest BCUT2D eigenvalue weighted by molar-refractivity contribution is 0.0517. The average molecular weight is 268 g/mol. The van der Waals surface area contributed by atoms with Gasteiger partial charge in [0.05, 0.1) is 11.6 Å². The molecule has 0 unspecified atom stereocenters. The second kappa shape index (κ2) is 6.30. The number of aromatic nitrogens is 1. The lowest BCUT2D eigenvalue weighted by Crippen LogP contribution is -2.10. The number of allylic oxidation sites excluding steroid dienone is 1. The minimum Gasteiger partial charge on any atom is -0.461 e. The van der Waals surface area contributed by atoms with Gasteiger partial charge in [-0.25, -0.2) is 9.78 Å². The Bertz CT molecular complexity index is 478. The van der Waals surface area contributed by atoms with Crippen LogP contribution in [0.1, 0.15) is 32.1 Å². The van der Waals surface area contributed by atoms with Crippen molar-refractivity contribution in [2.24, 2.45) is 0 Å². The zero-order valence-electron chi connectivity index (χ0n) is 10.9. The van der Waals surface area contributed by atoms with Gasteiger partial charge in [-0.05, 0) is 13.8 Å². The van der Waals surface area contributed by atoms with E-state index >= 15 is 0 Å². The van der Waals surface area contributed by atoms with E-state index in [9.17, 15) is 9.59 Å². The van der Waals surface area contributed by atoms with Gasteiger partial charge in [0.1, 0.15) is 4.88 Å². The van der Waals surface area contributed by atoms with Crippen LogP contribution in [0.15, 0.2) is 12.3 Å². The van der Waals surface area contributed by atoms with E-state index in [1.54, 1.807) is 24.9 Å². The number of rotatable bonds is 5. The molecule has 5 nitrogen and oxygen atoms in total. The average Bonchev–Trinajstić information content (AvgIpc) is 2.68. The van der Waals surface area contributed by atoms with Crippen molar-refractivity contribution in [2.45, 2.75) is 13.8 Å². The molecular weight excluding hydrogens is 252 g/mol. The number of hydrogen-bond acceptors (Lipinski definition) is 6. The molecule has 0 radical (unpaired) electrons. The second-order valence-corrected chi connectivity index (χ2v) is 4.98. The number of esters is 1. The maximum atomic E-state index is 11.9. The van der Waals surface area contributed by atoms with Crippen molar-refractivity contribution < 1.29 is 14.3 Å². The van der Waals surface area contributed by atoms with Crippen LogP contribution in [0.5, 0.6) is 0 Å². The highest BCUT2D eigenvalue weighted by Crippen LogP contribution is 2.20. The molecule has 0 aliphatic heterocycles. The summed E-state index contributed by atoms with van der Waals surface area (Å²) in [6.07, 6.45) is 3.04. The van der Waals surface area contributed by atoms with Crippen molar-refractivity contribution in [1.29, 1.82) is 0 Å². The van der Waals surface area contributed by atoms with Gasteiger partial charge in [0.2, 0.25) is 0 Å². The molecule has 1 rings (SSSR count). The summed E-state index contributed by atoms with van der Waals surface area (Å²) in [6.45, 7) is 3.72. The van der Waals surface area contributed by atoms with Gasteiger partial charge < -0.3 is 9.64 Å². The number of hydrogen-bond donors (Lipinski definition) is 0. The maximum absolute atomic E-state index is 11.9. The Morgan fingerprint density at radius 1 is 1.44 bits per heavy atom. The van der Waals surface area contributed by atoms with Gasteiger partial charge in [0.15, 0.2) is 11.5 Å². The topological polar surface area (TPSA) is 59.5 Å². The lowest BCUT2D eigenvalue weighted by atomic mass is 10.2. The summed E-state index contributed by atoms with van der Waals surface area (Å²) in [6, 6.07) is 0. The quantitative estimate of drug-likeness (QED) is 0.463. The Balaban J connectivity index is 3.01. The van der Waals surface area contributed by atoms with E-state index in [1.165, 1.54) is 17.4 Å². The van der Waals surface area contributed by atoms with Crippen LogP contribution in [0.4, 0.5) is 0 Å². The van der Waals surface area contributed by atoms with E-state index in [4.69, 9.17) is 4.74 Å². The highest BCUT2D eigenvalue weighted by molar-refractivity contribution is 7.14. The smallest absolute Gasteiger partial charge is 0.358 e. The highest BCUT2D eigenvalue weighted by atomic mass is 32.1. The van der Waals surface area contributed by atoms with Crippen LogP contribution in [0.3, 0.4) is 0 Å². The zero-order chi connectivity index (χ0) is 13.7. The molecule has 0 N–H and O–H groups in total. The number of thiazole rings is 1. The molecule has 6 heteroatoms. The molecule has 0 amide bonds. The maximum Gasteiger partial charge on any atom is 0.358 e. The third-order valence-corrected chi connectivity index (χ3v) is 2.94. The normalized spacial score (nSPS) is 10.7. The SMILES string of the molecule is CCOC(=O)c1nc(C)sc1C(=O)/C=C/N(C)C. The van der Waals surface area contributed by atoms with Gasteiger partial charge >= 0.3 is 5.97 Å². The molecule has 0 aromatic carbocycles. The van der Waals surface area contributed by atoms with Gasteiger partial charge in [-0.3, -0.25) is 4.79 Å². The minimum absolute atomic E-state index is 0.104. The molecule has 0 fully saturated rings. The monoisotopic (exact) mass is 268 g/mol. The van der Waals surface area contributed by atoms with Crippen molar-refractivity contribution in [3.05, 3.63) is 27.9 Å². The molecule has 0 saturated carbocycles. The van der Waals surface area contributed by atoms with E-state index in [0.29, 0.717) is 9.88 Å². The Hall–Kier alpha value is -1.69. The van der Waals surface area contributed by atoms with Crippen LogP contribution in [-0.4, -0.2) is 42.3 Å². The molecule has 0 atom stereocenters. The predicted molar refractivity (Wildman–Crippen MR) is 70.0 cm³/mol. The summed E-state index contributed by atoms with van der Waals surface area (Å²) in [5.74, 6) is -0.791. The van der Waals surface area contributed by atoms with Gasteiger partial charge in [0, 0.05) is 26.4 Å². The van der Waals surface area contributed by atoms with E-state index < -0.39 is 5.97 Å². The van der Waals surface area contributed by atoms with Crippen molar-refractivity contribution in [3.8, 4) is 0 Å². The largest absolute Gasteiger partial charge is 0.461 e. The second-order valence-electron chi connectivity index (χ2n) is 3.77. The molecular formula is C12H16N2O3S. The summed E-state index contributed by atoms with van der Waals surface area (Å²) in [7, 11) is 3.63.